The fraction of sp³-hybridized carbons (Fsp3) is 0.267. The first-order chi connectivity index (χ1) is 12.6. The van der Waals surface area contributed by atoms with E-state index in [0.717, 1.165) is 6.07 Å². The molecule has 0 unspecified atom stereocenters. The molecule has 0 saturated carbocycles. The Morgan fingerprint density at radius 3 is 2.29 bits per heavy atom. The van der Waals surface area contributed by atoms with Crippen molar-refractivity contribution in [1.82, 2.24) is 4.98 Å². The molecule has 28 heavy (non-hydrogen) atoms. The minimum atomic E-state index is -4.69. The summed E-state index contributed by atoms with van der Waals surface area (Å²) in [6.45, 7) is 2.34. The van der Waals surface area contributed by atoms with Crippen LogP contribution in [0.5, 0.6) is 0 Å². The number of pyridine rings is 1. The number of hydrogen-bond donors (Lipinski definition) is 3. The summed E-state index contributed by atoms with van der Waals surface area (Å²) in [6.07, 6.45) is -4.32. The van der Waals surface area contributed by atoms with E-state index < -0.39 is 48.2 Å². The van der Waals surface area contributed by atoms with Crippen molar-refractivity contribution in [3.8, 4) is 0 Å². The Balaban J connectivity index is 2.47. The number of halogens is 3. The number of rotatable bonds is 5. The lowest BCUT2D eigenvalue weighted by Crippen LogP contribution is -2.36. The van der Waals surface area contributed by atoms with Crippen LogP contribution in [0.25, 0.3) is 0 Å². The van der Waals surface area contributed by atoms with Gasteiger partial charge in [-0.15, -0.1) is 11.3 Å². The number of aliphatic hydroxyl groups is 1. The number of anilines is 1. The van der Waals surface area contributed by atoms with Crippen molar-refractivity contribution < 1.29 is 36.3 Å². The second kappa shape index (κ2) is 7.14. The maximum absolute atomic E-state index is 12.6. The van der Waals surface area contributed by atoms with Crippen molar-refractivity contribution in [3.63, 3.8) is 0 Å². The number of thiophene rings is 1. The van der Waals surface area contributed by atoms with Crippen molar-refractivity contribution >= 4 is 38.0 Å². The van der Waals surface area contributed by atoms with Gasteiger partial charge in [-0.2, -0.15) is 13.2 Å². The average Bonchev–Trinajstić information content (AvgIpc) is 2.98. The summed E-state index contributed by atoms with van der Waals surface area (Å²) < 4.78 is 62.6. The summed E-state index contributed by atoms with van der Waals surface area (Å²) in [5.41, 5.74) is 1.88. The first-order valence-electron chi connectivity index (χ1n) is 7.40. The molecule has 4 N–H and O–H groups in total. The molecule has 152 valence electrons. The van der Waals surface area contributed by atoms with E-state index in [1.807, 2.05) is 0 Å². The van der Waals surface area contributed by atoms with Gasteiger partial charge in [0.25, 0.3) is 11.8 Å². The van der Waals surface area contributed by atoms with E-state index in [1.165, 1.54) is 13.8 Å². The minimum Gasteiger partial charge on any atom is -0.381 e. The number of nitrogens with two attached hydrogens (primary N) is 1. The Labute approximate surface area is 161 Å². The summed E-state index contributed by atoms with van der Waals surface area (Å²) in [6, 6.07) is 2.11. The van der Waals surface area contributed by atoms with Crippen molar-refractivity contribution in [2.24, 2.45) is 5.73 Å². The molecule has 2 aromatic heterocycles. The topological polar surface area (TPSA) is 139 Å². The molecule has 2 rings (SSSR count). The molecule has 0 bridgehead atoms. The highest BCUT2D eigenvalue weighted by Crippen LogP contribution is 2.35. The SMILES string of the molecule is CC(C)(O)C(=O)Nc1sc(S(=O)(=O)c2ccc(C(F)(F)F)cn2)cc1C(N)=O. The largest absolute Gasteiger partial charge is 0.417 e. The van der Waals surface area contributed by atoms with Crippen LogP contribution in [0.1, 0.15) is 29.8 Å². The number of alkyl halides is 3. The van der Waals surface area contributed by atoms with E-state index in [-0.39, 0.29) is 10.6 Å². The predicted molar refractivity (Wildman–Crippen MR) is 92.5 cm³/mol. The summed E-state index contributed by atoms with van der Waals surface area (Å²) in [7, 11) is -4.39. The van der Waals surface area contributed by atoms with Gasteiger partial charge in [0.2, 0.25) is 9.84 Å². The third-order valence-corrected chi connectivity index (χ3v) is 6.55. The van der Waals surface area contributed by atoms with Crippen LogP contribution >= 0.6 is 11.3 Å². The molecule has 0 aromatic carbocycles. The van der Waals surface area contributed by atoms with Gasteiger partial charge in [0.05, 0.1) is 11.1 Å². The second-order valence-electron chi connectivity index (χ2n) is 6.07. The normalized spacial score (nSPS) is 12.6. The summed E-state index contributed by atoms with van der Waals surface area (Å²) >= 11 is 0.450. The van der Waals surface area contributed by atoms with Gasteiger partial charge in [-0.25, -0.2) is 13.4 Å². The van der Waals surface area contributed by atoms with E-state index in [0.29, 0.717) is 29.7 Å². The number of nitrogens with one attached hydrogen (secondary N) is 1. The molecule has 0 aliphatic carbocycles. The molecule has 13 heteroatoms. The lowest BCUT2D eigenvalue weighted by Gasteiger charge is -2.16. The Morgan fingerprint density at radius 1 is 1.25 bits per heavy atom. The zero-order chi connectivity index (χ0) is 21.5. The van der Waals surface area contributed by atoms with Gasteiger partial charge in [0.15, 0.2) is 5.03 Å². The predicted octanol–water partition coefficient (Wildman–Crippen LogP) is 1.80. The summed E-state index contributed by atoms with van der Waals surface area (Å²) in [5, 5.41) is 11.0. The van der Waals surface area contributed by atoms with Crippen LogP contribution in [0.15, 0.2) is 33.6 Å². The molecule has 2 aromatic rings. The van der Waals surface area contributed by atoms with E-state index in [2.05, 4.69) is 10.3 Å². The molecule has 0 spiro atoms. The third-order valence-electron chi connectivity index (χ3n) is 3.36. The van der Waals surface area contributed by atoms with Crippen LogP contribution in [0.4, 0.5) is 18.2 Å². The molecule has 0 aliphatic rings. The Morgan fingerprint density at radius 2 is 1.86 bits per heavy atom. The van der Waals surface area contributed by atoms with Gasteiger partial charge in [-0.1, -0.05) is 0 Å². The molecule has 2 heterocycles. The monoisotopic (exact) mass is 437 g/mol. The van der Waals surface area contributed by atoms with Gasteiger partial charge < -0.3 is 16.2 Å². The van der Waals surface area contributed by atoms with Crippen LogP contribution in [-0.2, 0) is 20.8 Å². The van der Waals surface area contributed by atoms with Gasteiger partial charge in [-0.05, 0) is 32.0 Å². The van der Waals surface area contributed by atoms with Crippen LogP contribution < -0.4 is 11.1 Å². The Hall–Kier alpha value is -2.51. The molecular formula is C15H14F3N3O5S2. The molecule has 0 radical (unpaired) electrons. The van der Waals surface area contributed by atoms with Gasteiger partial charge in [0.1, 0.15) is 14.8 Å². The zero-order valence-electron chi connectivity index (χ0n) is 14.4. The van der Waals surface area contributed by atoms with Gasteiger partial charge in [0, 0.05) is 6.20 Å². The van der Waals surface area contributed by atoms with Crippen molar-refractivity contribution in [2.75, 3.05) is 5.32 Å². The fourth-order valence-corrected chi connectivity index (χ4v) is 4.50. The molecule has 8 nitrogen and oxygen atoms in total. The average molecular weight is 437 g/mol. The number of hydrogen-bond acceptors (Lipinski definition) is 7. The van der Waals surface area contributed by atoms with Crippen molar-refractivity contribution in [1.29, 1.82) is 0 Å². The maximum Gasteiger partial charge on any atom is 0.417 e. The lowest BCUT2D eigenvalue weighted by atomic mass is 10.1. The molecule has 0 atom stereocenters. The molecule has 0 fully saturated rings. The number of amides is 2. The Bertz CT molecular complexity index is 1020. The van der Waals surface area contributed by atoms with Crippen LogP contribution in [0.2, 0.25) is 0 Å². The number of aromatic nitrogens is 1. The van der Waals surface area contributed by atoms with E-state index in [1.54, 1.807) is 0 Å². The highest BCUT2D eigenvalue weighted by Gasteiger charge is 2.33. The van der Waals surface area contributed by atoms with Crippen molar-refractivity contribution in [3.05, 3.63) is 35.5 Å². The number of carbonyl (C=O) groups is 2. The molecular weight excluding hydrogens is 423 g/mol. The number of nitrogens with zero attached hydrogens (tertiary/aromatic N) is 1. The highest BCUT2D eigenvalue weighted by molar-refractivity contribution is 7.93. The standard InChI is InChI=1S/C15H14F3N3O5S2/c1-14(2,24)13(23)21-12-8(11(19)22)5-10(27-12)28(25,26)9-4-3-7(6-20-9)15(16,17)18/h3-6,24H,1-2H3,(H2,19,22)(H,21,23). The lowest BCUT2D eigenvalue weighted by molar-refractivity contribution is -0.137. The quantitative estimate of drug-likeness (QED) is 0.652. The number of sulfone groups is 1. The second-order valence-corrected chi connectivity index (χ2v) is 9.25. The zero-order valence-corrected chi connectivity index (χ0v) is 16.0. The van der Waals surface area contributed by atoms with Crippen LogP contribution in [0, 0.1) is 0 Å². The van der Waals surface area contributed by atoms with E-state index >= 15 is 0 Å². The maximum atomic E-state index is 12.6. The fourth-order valence-electron chi connectivity index (χ4n) is 1.84. The third kappa shape index (κ3) is 4.48. The van der Waals surface area contributed by atoms with Gasteiger partial charge in [-0.3, -0.25) is 9.59 Å². The summed E-state index contributed by atoms with van der Waals surface area (Å²) in [5.74, 6) is -1.97. The van der Waals surface area contributed by atoms with Crippen LogP contribution in [-0.4, -0.2) is 35.9 Å². The van der Waals surface area contributed by atoms with E-state index in [9.17, 15) is 36.3 Å². The molecule has 2 amide bonds. The number of carbonyl (C=O) groups excluding carboxylic acids is 2. The van der Waals surface area contributed by atoms with Crippen LogP contribution in [0.3, 0.4) is 0 Å². The highest BCUT2D eigenvalue weighted by atomic mass is 32.2. The Kier molecular flexibility index (Phi) is 5.56. The molecule has 0 aliphatic heterocycles. The van der Waals surface area contributed by atoms with E-state index in [4.69, 9.17) is 5.73 Å². The summed E-state index contributed by atoms with van der Waals surface area (Å²) in [4.78, 5) is 26.8. The van der Waals surface area contributed by atoms with Crippen molar-refractivity contribution in [2.45, 2.75) is 34.9 Å². The smallest absolute Gasteiger partial charge is 0.381 e. The molecule has 0 saturated heterocycles. The number of primary amides is 1. The first kappa shape index (κ1) is 21.8. The van der Waals surface area contributed by atoms with Gasteiger partial charge >= 0.3 is 6.18 Å². The minimum absolute atomic E-state index is 0.231. The first-order valence-corrected chi connectivity index (χ1v) is 9.70.